The number of unbranched alkanes of at least 4 members (excludes halogenated alkanes) is 2. The number of nitrogens with zero attached hydrogens (tertiary/aromatic N) is 1. The molecular formula is C11H12BrClN2. The van der Waals surface area contributed by atoms with E-state index in [2.05, 4.69) is 27.3 Å². The molecule has 0 spiro atoms. The zero-order valence-electron chi connectivity index (χ0n) is 8.26. The largest absolute Gasteiger partial charge is 0.384 e. The fourth-order valence-corrected chi connectivity index (χ4v) is 1.74. The summed E-state index contributed by atoms with van der Waals surface area (Å²) in [5.74, 6) is 0. The summed E-state index contributed by atoms with van der Waals surface area (Å²) in [6.45, 7) is 0.862. The predicted molar refractivity (Wildman–Crippen MR) is 67.1 cm³/mol. The molecule has 0 atom stereocenters. The first-order valence-corrected chi connectivity index (χ1v) is 5.97. The van der Waals surface area contributed by atoms with E-state index in [1.54, 1.807) is 0 Å². The number of rotatable bonds is 5. The Bertz CT molecular complexity index is 360. The monoisotopic (exact) mass is 286 g/mol. The van der Waals surface area contributed by atoms with E-state index in [0.29, 0.717) is 6.42 Å². The van der Waals surface area contributed by atoms with Gasteiger partial charge in [0.15, 0.2) is 0 Å². The lowest BCUT2D eigenvalue weighted by Gasteiger charge is -2.08. The molecule has 0 radical (unpaired) electrons. The molecule has 1 aromatic rings. The lowest BCUT2D eigenvalue weighted by atomic mass is 10.2. The van der Waals surface area contributed by atoms with Gasteiger partial charge in [-0.05, 0) is 47.0 Å². The number of halogens is 2. The van der Waals surface area contributed by atoms with Crippen molar-refractivity contribution in [3.05, 3.63) is 27.7 Å². The van der Waals surface area contributed by atoms with Gasteiger partial charge in [0, 0.05) is 28.1 Å². The van der Waals surface area contributed by atoms with E-state index in [-0.39, 0.29) is 0 Å². The first kappa shape index (κ1) is 12.4. The Labute approximate surface area is 103 Å². The van der Waals surface area contributed by atoms with E-state index >= 15 is 0 Å². The van der Waals surface area contributed by atoms with Crippen LogP contribution in [0.1, 0.15) is 19.3 Å². The van der Waals surface area contributed by atoms with Crippen molar-refractivity contribution in [1.82, 2.24) is 0 Å². The van der Waals surface area contributed by atoms with Crippen LogP contribution in [0, 0.1) is 11.3 Å². The molecule has 0 aliphatic rings. The molecule has 1 rings (SSSR count). The highest BCUT2D eigenvalue weighted by molar-refractivity contribution is 9.10. The molecule has 0 aliphatic heterocycles. The zero-order valence-corrected chi connectivity index (χ0v) is 10.6. The number of benzene rings is 1. The van der Waals surface area contributed by atoms with E-state index in [9.17, 15) is 0 Å². The Balaban J connectivity index is 2.37. The quantitative estimate of drug-likeness (QED) is 0.824. The fourth-order valence-electron chi connectivity index (χ4n) is 1.19. The number of nitrogens with one attached hydrogen (secondary N) is 1. The van der Waals surface area contributed by atoms with E-state index in [1.165, 1.54) is 0 Å². The summed E-state index contributed by atoms with van der Waals surface area (Å²) in [5.41, 5.74) is 0.999. The molecule has 0 saturated carbocycles. The summed E-state index contributed by atoms with van der Waals surface area (Å²) in [6, 6.07) is 7.77. The van der Waals surface area contributed by atoms with Crippen molar-refractivity contribution in [3.63, 3.8) is 0 Å². The Hall–Kier alpha value is -0.720. The lowest BCUT2D eigenvalue weighted by molar-refractivity contribution is 0.784. The normalized spacial score (nSPS) is 9.67. The second kappa shape index (κ2) is 6.71. The number of anilines is 1. The molecule has 0 amide bonds. The third-order valence-electron chi connectivity index (χ3n) is 1.96. The van der Waals surface area contributed by atoms with Crippen molar-refractivity contribution < 1.29 is 0 Å². The van der Waals surface area contributed by atoms with Crippen molar-refractivity contribution in [3.8, 4) is 6.07 Å². The SMILES string of the molecule is N#CCCCCNc1cc(Cl)ccc1Br. The van der Waals surface area contributed by atoms with E-state index < -0.39 is 0 Å². The predicted octanol–water partition coefficient (Wildman–Crippen LogP) is 4.21. The van der Waals surface area contributed by atoms with Crippen molar-refractivity contribution in [2.24, 2.45) is 0 Å². The number of hydrogen-bond acceptors (Lipinski definition) is 2. The summed E-state index contributed by atoms with van der Waals surface area (Å²) < 4.78 is 1.01. The van der Waals surface area contributed by atoms with Crippen LogP contribution in [0.15, 0.2) is 22.7 Å². The maximum atomic E-state index is 8.37. The van der Waals surface area contributed by atoms with Crippen LogP contribution in [-0.4, -0.2) is 6.54 Å². The lowest BCUT2D eigenvalue weighted by Crippen LogP contribution is -2.01. The van der Waals surface area contributed by atoms with Crippen molar-refractivity contribution in [2.75, 3.05) is 11.9 Å². The van der Waals surface area contributed by atoms with Crippen LogP contribution in [0.2, 0.25) is 5.02 Å². The molecule has 80 valence electrons. The molecule has 0 aliphatic carbocycles. The maximum Gasteiger partial charge on any atom is 0.0621 e. The Morgan fingerprint density at radius 1 is 1.40 bits per heavy atom. The molecule has 0 fully saturated rings. The minimum atomic E-state index is 0.623. The minimum Gasteiger partial charge on any atom is -0.384 e. The molecule has 1 aromatic carbocycles. The van der Waals surface area contributed by atoms with Gasteiger partial charge in [0.1, 0.15) is 0 Å². The van der Waals surface area contributed by atoms with Crippen molar-refractivity contribution >= 4 is 33.2 Å². The van der Waals surface area contributed by atoms with Crippen LogP contribution in [0.5, 0.6) is 0 Å². The van der Waals surface area contributed by atoms with Gasteiger partial charge in [0.25, 0.3) is 0 Å². The Kier molecular flexibility index (Phi) is 5.52. The molecule has 0 heterocycles. The Morgan fingerprint density at radius 3 is 2.93 bits per heavy atom. The molecule has 15 heavy (non-hydrogen) atoms. The molecule has 4 heteroatoms. The summed E-state index contributed by atoms with van der Waals surface area (Å²) in [7, 11) is 0. The summed E-state index contributed by atoms with van der Waals surface area (Å²) in [6.07, 6.45) is 2.55. The van der Waals surface area contributed by atoms with E-state index in [1.807, 2.05) is 18.2 Å². The molecular weight excluding hydrogens is 275 g/mol. The van der Waals surface area contributed by atoms with Gasteiger partial charge in [0.05, 0.1) is 6.07 Å². The van der Waals surface area contributed by atoms with Gasteiger partial charge in [-0.1, -0.05) is 11.6 Å². The van der Waals surface area contributed by atoms with Crippen LogP contribution >= 0.6 is 27.5 Å². The van der Waals surface area contributed by atoms with Crippen LogP contribution in [-0.2, 0) is 0 Å². The van der Waals surface area contributed by atoms with Crippen LogP contribution < -0.4 is 5.32 Å². The summed E-state index contributed by atoms with van der Waals surface area (Å²) in [4.78, 5) is 0. The highest BCUT2D eigenvalue weighted by Gasteiger charge is 1.99. The van der Waals surface area contributed by atoms with Gasteiger partial charge >= 0.3 is 0 Å². The summed E-state index contributed by atoms with van der Waals surface area (Å²) in [5, 5.41) is 12.4. The molecule has 1 N–H and O–H groups in total. The first-order valence-electron chi connectivity index (χ1n) is 4.80. The van der Waals surface area contributed by atoms with Gasteiger partial charge in [-0.25, -0.2) is 0 Å². The van der Waals surface area contributed by atoms with Crippen LogP contribution in [0.25, 0.3) is 0 Å². The molecule has 2 nitrogen and oxygen atoms in total. The van der Waals surface area contributed by atoms with Gasteiger partial charge in [-0.2, -0.15) is 5.26 Å². The minimum absolute atomic E-state index is 0.623. The molecule has 0 unspecified atom stereocenters. The van der Waals surface area contributed by atoms with Crippen LogP contribution in [0.4, 0.5) is 5.69 Å². The van der Waals surface area contributed by atoms with Gasteiger partial charge in [0.2, 0.25) is 0 Å². The van der Waals surface area contributed by atoms with Gasteiger partial charge in [-0.15, -0.1) is 0 Å². The number of nitriles is 1. The van der Waals surface area contributed by atoms with Gasteiger partial charge < -0.3 is 5.32 Å². The average Bonchev–Trinajstić information content (AvgIpc) is 2.23. The maximum absolute atomic E-state index is 8.37. The smallest absolute Gasteiger partial charge is 0.0621 e. The van der Waals surface area contributed by atoms with Crippen LogP contribution in [0.3, 0.4) is 0 Å². The first-order chi connectivity index (χ1) is 7.24. The second-order valence-corrected chi connectivity index (χ2v) is 4.46. The third-order valence-corrected chi connectivity index (χ3v) is 2.89. The van der Waals surface area contributed by atoms with Gasteiger partial charge in [-0.3, -0.25) is 0 Å². The topological polar surface area (TPSA) is 35.8 Å². The standard InChI is InChI=1S/C11H12BrClN2/c12-10-5-4-9(13)8-11(10)15-7-3-1-2-6-14/h4-5,8,15H,1-3,7H2. The third kappa shape index (κ3) is 4.55. The average molecular weight is 288 g/mol. The second-order valence-electron chi connectivity index (χ2n) is 3.17. The molecule has 0 aromatic heterocycles. The van der Waals surface area contributed by atoms with E-state index in [0.717, 1.165) is 34.6 Å². The highest BCUT2D eigenvalue weighted by atomic mass is 79.9. The van der Waals surface area contributed by atoms with Crippen molar-refractivity contribution in [2.45, 2.75) is 19.3 Å². The fraction of sp³-hybridized carbons (Fsp3) is 0.364. The van der Waals surface area contributed by atoms with E-state index in [4.69, 9.17) is 16.9 Å². The Morgan fingerprint density at radius 2 is 2.20 bits per heavy atom. The van der Waals surface area contributed by atoms with Crippen molar-refractivity contribution in [1.29, 1.82) is 5.26 Å². The molecule has 0 saturated heterocycles. The highest BCUT2D eigenvalue weighted by Crippen LogP contribution is 2.25. The summed E-state index contributed by atoms with van der Waals surface area (Å²) >= 11 is 9.32. The zero-order chi connectivity index (χ0) is 11.1. The molecule has 0 bridgehead atoms. The number of hydrogen-bond donors (Lipinski definition) is 1.